The second kappa shape index (κ2) is 6.26. The number of pyridine rings is 1. The summed E-state index contributed by atoms with van der Waals surface area (Å²) in [6.07, 6.45) is 0. The summed E-state index contributed by atoms with van der Waals surface area (Å²) in [6, 6.07) is 26.8. The smallest absolute Gasteiger partial charge is 0.429 e. The molecule has 2 aromatic heterocycles. The zero-order valence-corrected chi connectivity index (χ0v) is 17.7. The first-order chi connectivity index (χ1) is 16.1. The number of para-hydroxylation sites is 1. The highest BCUT2D eigenvalue weighted by Crippen LogP contribution is 2.37. The molecule has 0 aliphatic carbocycles. The van der Waals surface area contributed by atoms with Crippen LogP contribution in [-0.4, -0.2) is 16.4 Å². The van der Waals surface area contributed by atoms with Crippen molar-refractivity contribution in [2.75, 3.05) is 0 Å². The van der Waals surface area contributed by atoms with Gasteiger partial charge >= 0.3 is 11.8 Å². The van der Waals surface area contributed by atoms with E-state index < -0.39 is 0 Å². The fourth-order valence-electron chi connectivity index (χ4n) is 5.15. The van der Waals surface area contributed by atoms with Gasteiger partial charge in [0.15, 0.2) is 0 Å². The van der Waals surface area contributed by atoms with Crippen LogP contribution in [0.25, 0.3) is 43.7 Å². The van der Waals surface area contributed by atoms with Crippen molar-refractivity contribution < 1.29 is 14.0 Å². The Bertz CT molecular complexity index is 1880. The van der Waals surface area contributed by atoms with Crippen LogP contribution >= 0.6 is 0 Å². The molecule has 33 heavy (non-hydrogen) atoms. The van der Waals surface area contributed by atoms with Crippen molar-refractivity contribution in [3.05, 3.63) is 101 Å². The lowest BCUT2D eigenvalue weighted by Crippen LogP contribution is -2.34. The molecule has 0 saturated carbocycles. The van der Waals surface area contributed by atoms with E-state index in [1.165, 1.54) is 4.58 Å². The predicted octanol–water partition coefficient (Wildman–Crippen LogP) is 5.00. The molecule has 0 bridgehead atoms. The lowest BCUT2D eigenvalue weighted by atomic mass is 10.0. The number of benzene rings is 4. The second-order valence-corrected chi connectivity index (χ2v) is 8.38. The van der Waals surface area contributed by atoms with Crippen LogP contribution in [0.15, 0.2) is 89.3 Å². The summed E-state index contributed by atoms with van der Waals surface area (Å²) in [5, 5.41) is 4.73. The summed E-state index contributed by atoms with van der Waals surface area (Å²) < 4.78 is 9.61. The van der Waals surface area contributed by atoms with Gasteiger partial charge in [-0.05, 0) is 41.8 Å². The summed E-state index contributed by atoms with van der Waals surface area (Å²) in [7, 11) is 2.02. The highest BCUT2D eigenvalue weighted by atomic mass is 16.3. The van der Waals surface area contributed by atoms with Crippen molar-refractivity contribution in [2.24, 2.45) is 7.05 Å². The average Bonchev–Trinajstić information content (AvgIpc) is 3.11. The number of aryl methyl sites for hydroxylation is 1. The fourth-order valence-corrected chi connectivity index (χ4v) is 5.15. The molecule has 0 atom stereocenters. The van der Waals surface area contributed by atoms with Crippen LogP contribution in [-0.2, 0) is 7.05 Å². The Morgan fingerprint density at radius 3 is 2.15 bits per heavy atom. The topological polar surface area (TPSA) is 55.2 Å². The third kappa shape index (κ3) is 2.28. The molecular formula is C28H17N2O3+. The van der Waals surface area contributed by atoms with Gasteiger partial charge in [-0.25, -0.2) is 9.59 Å². The molecule has 2 amide bonds. The van der Waals surface area contributed by atoms with E-state index in [9.17, 15) is 9.59 Å². The molecule has 0 radical (unpaired) electrons. The van der Waals surface area contributed by atoms with Crippen molar-refractivity contribution in [3.63, 3.8) is 0 Å². The van der Waals surface area contributed by atoms with E-state index in [1.807, 2.05) is 55.6 Å². The number of fused-ring (bicyclic) bond motifs is 5. The average molecular weight is 429 g/mol. The van der Waals surface area contributed by atoms with E-state index in [-0.39, 0.29) is 11.8 Å². The van der Waals surface area contributed by atoms with Gasteiger partial charge in [-0.1, -0.05) is 41.0 Å². The van der Waals surface area contributed by atoms with Crippen molar-refractivity contribution in [1.82, 2.24) is 9.14 Å². The SMILES string of the molecule is Cn1c2cc(=[N+]3C(=O)c4ccccc4C3=O)ccc2c2cccc3oc4ccccc4c1c32. The van der Waals surface area contributed by atoms with Crippen LogP contribution in [0.3, 0.4) is 0 Å². The Labute approximate surface area is 187 Å². The fraction of sp³-hybridized carbons (Fsp3) is 0.0357. The summed E-state index contributed by atoms with van der Waals surface area (Å²) in [6.45, 7) is 0. The lowest BCUT2D eigenvalue weighted by molar-refractivity contribution is 0.0837. The maximum atomic E-state index is 13.1. The van der Waals surface area contributed by atoms with E-state index in [2.05, 4.69) is 16.7 Å². The molecule has 4 aromatic carbocycles. The van der Waals surface area contributed by atoms with Crippen molar-refractivity contribution in [3.8, 4) is 0 Å². The van der Waals surface area contributed by atoms with Gasteiger partial charge in [-0.15, -0.1) is 0 Å². The van der Waals surface area contributed by atoms with E-state index >= 15 is 0 Å². The number of carbonyl (C=O) groups is 2. The first kappa shape index (κ1) is 18.1. The zero-order valence-electron chi connectivity index (χ0n) is 17.7. The van der Waals surface area contributed by atoms with Gasteiger partial charge in [0.1, 0.15) is 22.3 Å². The Hall–Kier alpha value is -4.51. The molecule has 6 aromatic rings. The summed E-state index contributed by atoms with van der Waals surface area (Å²) >= 11 is 0. The van der Waals surface area contributed by atoms with Crippen LogP contribution < -0.4 is 9.93 Å². The number of rotatable bonds is 0. The van der Waals surface area contributed by atoms with Crippen LogP contribution in [0, 0.1) is 0 Å². The van der Waals surface area contributed by atoms with Crippen LogP contribution in [0.5, 0.6) is 0 Å². The van der Waals surface area contributed by atoms with Crippen molar-refractivity contribution >= 4 is 55.6 Å². The number of hydrogen-bond acceptors (Lipinski definition) is 3. The van der Waals surface area contributed by atoms with Crippen molar-refractivity contribution in [1.29, 1.82) is 0 Å². The van der Waals surface area contributed by atoms with Gasteiger partial charge < -0.3 is 8.98 Å². The predicted molar refractivity (Wildman–Crippen MR) is 128 cm³/mol. The maximum Gasteiger partial charge on any atom is 0.429 e. The molecule has 0 spiro atoms. The van der Waals surface area contributed by atoms with Gasteiger partial charge in [0.2, 0.25) is 5.36 Å². The number of amides is 2. The molecule has 0 N–H and O–H groups in total. The maximum absolute atomic E-state index is 13.1. The number of carbonyl (C=O) groups excluding carboxylic acids is 2. The van der Waals surface area contributed by atoms with E-state index in [1.54, 1.807) is 24.3 Å². The number of hydrogen-bond donors (Lipinski definition) is 0. The Morgan fingerprint density at radius 2 is 1.36 bits per heavy atom. The quantitative estimate of drug-likeness (QED) is 0.148. The molecule has 5 heteroatoms. The van der Waals surface area contributed by atoms with E-state index in [0.29, 0.717) is 16.5 Å². The monoisotopic (exact) mass is 429 g/mol. The van der Waals surface area contributed by atoms with Crippen LogP contribution in [0.1, 0.15) is 20.7 Å². The molecule has 1 aliphatic rings. The molecule has 0 fully saturated rings. The highest BCUT2D eigenvalue weighted by Gasteiger charge is 2.42. The largest absolute Gasteiger partial charge is 0.456 e. The van der Waals surface area contributed by atoms with Gasteiger partial charge in [0.05, 0.1) is 11.0 Å². The van der Waals surface area contributed by atoms with E-state index in [0.717, 1.165) is 43.7 Å². The van der Waals surface area contributed by atoms with Gasteiger partial charge in [-0.3, -0.25) is 0 Å². The van der Waals surface area contributed by atoms with Gasteiger partial charge in [0.25, 0.3) is 0 Å². The Balaban J connectivity index is 1.66. The molecular weight excluding hydrogens is 412 g/mol. The molecule has 0 unspecified atom stereocenters. The first-order valence-electron chi connectivity index (χ1n) is 10.8. The number of nitrogens with zero attached hydrogens (tertiary/aromatic N) is 2. The molecule has 5 nitrogen and oxygen atoms in total. The summed E-state index contributed by atoms with van der Waals surface area (Å²) in [4.78, 5) is 26.1. The van der Waals surface area contributed by atoms with Crippen molar-refractivity contribution in [2.45, 2.75) is 0 Å². The Morgan fingerprint density at radius 1 is 0.697 bits per heavy atom. The molecule has 3 heterocycles. The van der Waals surface area contributed by atoms with Crippen LogP contribution in [0.2, 0.25) is 0 Å². The molecule has 7 rings (SSSR count). The molecule has 0 saturated heterocycles. The minimum absolute atomic E-state index is 0.291. The number of aromatic nitrogens is 1. The number of imide groups is 1. The Kier molecular flexibility index (Phi) is 3.44. The third-order valence-corrected chi connectivity index (χ3v) is 6.65. The zero-order chi connectivity index (χ0) is 22.3. The summed E-state index contributed by atoms with van der Waals surface area (Å²) in [5.41, 5.74) is 4.49. The third-order valence-electron chi connectivity index (χ3n) is 6.65. The summed E-state index contributed by atoms with van der Waals surface area (Å²) in [5.74, 6) is -0.582. The van der Waals surface area contributed by atoms with Gasteiger partial charge in [-0.2, -0.15) is 0 Å². The first-order valence-corrected chi connectivity index (χ1v) is 10.8. The minimum Gasteiger partial charge on any atom is -0.456 e. The molecule has 1 aliphatic heterocycles. The minimum atomic E-state index is -0.291. The lowest BCUT2D eigenvalue weighted by Gasteiger charge is -2.16. The highest BCUT2D eigenvalue weighted by molar-refractivity contribution is 6.24. The second-order valence-electron chi connectivity index (χ2n) is 8.38. The normalized spacial score (nSPS) is 13.7. The molecule has 156 valence electrons. The van der Waals surface area contributed by atoms with Gasteiger partial charge in [0, 0.05) is 35.3 Å². The van der Waals surface area contributed by atoms with Crippen LogP contribution in [0.4, 0.5) is 0 Å². The standard InChI is InChI=1S/C28H17N2O3/c1-29-22-15-16(30-27(31)19-7-2-3-8-20(19)28(30)32)13-14-17(22)18-10-6-12-24-25(18)26(29)21-9-4-5-11-23(21)33-24/h2-15H,1H3/q+1. The van der Waals surface area contributed by atoms with E-state index in [4.69, 9.17) is 4.42 Å².